The predicted molar refractivity (Wildman–Crippen MR) is 105 cm³/mol. The van der Waals surface area contributed by atoms with Crippen LogP contribution in [0.4, 0.5) is 0 Å². The number of hydrogen-bond acceptors (Lipinski definition) is 2. The third-order valence-corrected chi connectivity index (χ3v) is 5.11. The molecule has 2 heterocycles. The molecule has 0 aliphatic carbocycles. The fourth-order valence-corrected chi connectivity index (χ4v) is 3.74. The van der Waals surface area contributed by atoms with Crippen molar-refractivity contribution in [2.45, 2.75) is 25.3 Å². The van der Waals surface area contributed by atoms with Gasteiger partial charge in [-0.2, -0.15) is 0 Å². The van der Waals surface area contributed by atoms with Gasteiger partial charge in [-0.15, -0.1) is 0 Å². The minimum atomic E-state index is 0.0124. The summed E-state index contributed by atoms with van der Waals surface area (Å²) in [6.45, 7) is 3.03. The number of nitrogens with zero attached hydrogens (tertiary/aromatic N) is 2. The molecular weight excluding hydrogens is 322 g/mol. The van der Waals surface area contributed by atoms with Gasteiger partial charge in [0.25, 0.3) is 0 Å². The van der Waals surface area contributed by atoms with Crippen LogP contribution >= 0.6 is 0 Å². The minimum absolute atomic E-state index is 0.0124. The number of aromatic amines is 1. The van der Waals surface area contributed by atoms with Gasteiger partial charge in [-0.25, -0.2) is 4.79 Å². The molecule has 0 saturated carbocycles. The maximum Gasteiger partial charge on any atom is 0.326 e. The van der Waals surface area contributed by atoms with Crippen molar-refractivity contribution < 1.29 is 0 Å². The lowest BCUT2D eigenvalue weighted by Crippen LogP contribution is -2.37. The molecule has 1 N–H and O–H groups in total. The minimum Gasteiger partial charge on any atom is -0.306 e. The van der Waals surface area contributed by atoms with E-state index in [1.165, 1.54) is 0 Å². The first kappa shape index (κ1) is 16.7. The van der Waals surface area contributed by atoms with E-state index in [-0.39, 0.29) is 11.7 Å². The number of likely N-dealkylation sites (tertiary alicyclic amines) is 1. The third-order valence-electron chi connectivity index (χ3n) is 5.11. The molecule has 3 aromatic rings. The molecule has 0 amide bonds. The highest BCUT2D eigenvalue weighted by Gasteiger charge is 2.22. The van der Waals surface area contributed by atoms with Gasteiger partial charge in [0.15, 0.2) is 0 Å². The van der Waals surface area contributed by atoms with Gasteiger partial charge in [-0.1, -0.05) is 42.2 Å². The van der Waals surface area contributed by atoms with Crippen LogP contribution < -0.4 is 5.69 Å². The van der Waals surface area contributed by atoms with E-state index < -0.39 is 0 Å². The normalized spacial score (nSPS) is 15.7. The summed E-state index contributed by atoms with van der Waals surface area (Å²) in [7, 11) is 0. The lowest BCUT2D eigenvalue weighted by Gasteiger charge is -2.32. The van der Waals surface area contributed by atoms with Gasteiger partial charge in [0, 0.05) is 37.7 Å². The van der Waals surface area contributed by atoms with E-state index in [1.54, 1.807) is 0 Å². The summed E-state index contributed by atoms with van der Waals surface area (Å²) in [6.07, 6.45) is 2.90. The predicted octanol–water partition coefficient (Wildman–Crippen LogP) is 3.41. The van der Waals surface area contributed by atoms with E-state index in [4.69, 9.17) is 0 Å². The molecule has 4 nitrogen and oxygen atoms in total. The van der Waals surface area contributed by atoms with Gasteiger partial charge in [0.05, 0.1) is 11.0 Å². The van der Waals surface area contributed by atoms with Crippen LogP contribution in [0, 0.1) is 11.8 Å². The van der Waals surface area contributed by atoms with Gasteiger partial charge in [-0.3, -0.25) is 4.57 Å². The number of fused-ring (bicyclic) bond motifs is 1. The summed E-state index contributed by atoms with van der Waals surface area (Å²) in [5.74, 6) is 6.49. The third kappa shape index (κ3) is 3.58. The van der Waals surface area contributed by atoms with Gasteiger partial charge in [-0.05, 0) is 37.1 Å². The Morgan fingerprint density at radius 2 is 1.73 bits per heavy atom. The Bertz CT molecular complexity index is 983. The average molecular weight is 345 g/mol. The highest BCUT2D eigenvalue weighted by atomic mass is 16.1. The highest BCUT2D eigenvalue weighted by Crippen LogP contribution is 2.24. The molecule has 4 heteroatoms. The molecule has 1 aromatic heterocycles. The quantitative estimate of drug-likeness (QED) is 0.739. The molecule has 0 spiro atoms. The topological polar surface area (TPSA) is 41.0 Å². The zero-order valence-electron chi connectivity index (χ0n) is 14.8. The van der Waals surface area contributed by atoms with Crippen LogP contribution in [0.5, 0.6) is 0 Å². The Morgan fingerprint density at radius 3 is 2.54 bits per heavy atom. The summed E-state index contributed by atoms with van der Waals surface area (Å²) in [5.41, 5.74) is 3.03. The number of imidazole rings is 1. The van der Waals surface area contributed by atoms with Gasteiger partial charge in [0.1, 0.15) is 0 Å². The molecule has 1 fully saturated rings. The Kier molecular flexibility index (Phi) is 4.90. The first-order valence-corrected chi connectivity index (χ1v) is 9.27. The Hall–Kier alpha value is -2.77. The molecule has 1 aliphatic heterocycles. The fraction of sp³-hybridized carbons (Fsp3) is 0.318. The molecular formula is C22H23N3O. The van der Waals surface area contributed by atoms with Crippen LogP contribution in [-0.2, 0) is 0 Å². The number of hydrogen-bond donors (Lipinski definition) is 1. The summed E-state index contributed by atoms with van der Waals surface area (Å²) in [6, 6.07) is 18.3. The Morgan fingerprint density at radius 1 is 1.00 bits per heavy atom. The summed E-state index contributed by atoms with van der Waals surface area (Å²) in [5, 5.41) is 0. The smallest absolute Gasteiger partial charge is 0.306 e. The number of piperidine rings is 1. The van der Waals surface area contributed by atoms with Crippen molar-refractivity contribution in [3.05, 3.63) is 70.6 Å². The summed E-state index contributed by atoms with van der Waals surface area (Å²) in [4.78, 5) is 17.8. The van der Waals surface area contributed by atoms with Crippen LogP contribution in [0.3, 0.4) is 0 Å². The molecule has 4 rings (SSSR count). The van der Waals surface area contributed by atoms with Crippen molar-refractivity contribution in [1.82, 2.24) is 14.5 Å². The highest BCUT2D eigenvalue weighted by molar-refractivity contribution is 5.75. The molecule has 26 heavy (non-hydrogen) atoms. The second kappa shape index (κ2) is 7.63. The molecule has 0 unspecified atom stereocenters. The number of benzene rings is 2. The average Bonchev–Trinajstić information content (AvgIpc) is 3.02. The van der Waals surface area contributed by atoms with E-state index in [0.717, 1.165) is 55.5 Å². The monoisotopic (exact) mass is 345 g/mol. The molecule has 2 aromatic carbocycles. The van der Waals surface area contributed by atoms with Gasteiger partial charge < -0.3 is 9.88 Å². The van der Waals surface area contributed by atoms with Crippen LogP contribution in [-0.4, -0.2) is 34.1 Å². The largest absolute Gasteiger partial charge is 0.326 e. The zero-order chi connectivity index (χ0) is 17.8. The van der Waals surface area contributed by atoms with Crippen LogP contribution in [0.2, 0.25) is 0 Å². The van der Waals surface area contributed by atoms with E-state index in [2.05, 4.69) is 21.7 Å². The van der Waals surface area contributed by atoms with Crippen LogP contribution in [0.1, 0.15) is 30.9 Å². The van der Waals surface area contributed by atoms with Crippen molar-refractivity contribution in [2.75, 3.05) is 19.6 Å². The number of H-pyrrole nitrogens is 1. The Balaban J connectivity index is 1.34. The van der Waals surface area contributed by atoms with Crippen molar-refractivity contribution in [3.8, 4) is 11.8 Å². The lowest BCUT2D eigenvalue weighted by atomic mass is 10.0. The molecule has 1 saturated heterocycles. The number of nitrogens with one attached hydrogen (secondary N) is 1. The maximum absolute atomic E-state index is 12.3. The Labute approximate surface area is 153 Å². The fourth-order valence-electron chi connectivity index (χ4n) is 3.74. The first-order chi connectivity index (χ1) is 12.8. The van der Waals surface area contributed by atoms with Crippen molar-refractivity contribution in [1.29, 1.82) is 0 Å². The van der Waals surface area contributed by atoms with Gasteiger partial charge >= 0.3 is 5.69 Å². The van der Waals surface area contributed by atoms with E-state index in [9.17, 15) is 4.79 Å². The zero-order valence-corrected chi connectivity index (χ0v) is 14.8. The molecule has 0 bridgehead atoms. The molecule has 1 aliphatic rings. The number of rotatable bonds is 3. The first-order valence-electron chi connectivity index (χ1n) is 9.27. The van der Waals surface area contributed by atoms with E-state index in [1.807, 2.05) is 59.2 Å². The molecule has 132 valence electrons. The molecule has 0 radical (unpaired) electrons. The van der Waals surface area contributed by atoms with Crippen molar-refractivity contribution in [2.24, 2.45) is 0 Å². The van der Waals surface area contributed by atoms with Crippen LogP contribution in [0.15, 0.2) is 59.4 Å². The standard InChI is InChI=1S/C22H23N3O/c26-22-23-20-11-4-5-12-21(20)25(22)19-13-16-24(17-14-19)15-7-6-10-18-8-2-1-3-9-18/h1-5,8-9,11-12,19H,7,13-17H2,(H,23,26). The second-order valence-electron chi connectivity index (χ2n) is 6.81. The number of para-hydroxylation sites is 2. The maximum atomic E-state index is 12.3. The van der Waals surface area contributed by atoms with Gasteiger partial charge in [0.2, 0.25) is 0 Å². The lowest BCUT2D eigenvalue weighted by molar-refractivity contribution is 0.190. The summed E-state index contributed by atoms with van der Waals surface area (Å²) >= 11 is 0. The van der Waals surface area contributed by atoms with Crippen LogP contribution in [0.25, 0.3) is 11.0 Å². The van der Waals surface area contributed by atoms with Crippen molar-refractivity contribution >= 4 is 11.0 Å². The SMILES string of the molecule is O=c1[nH]c2ccccc2n1C1CCN(CCC#Cc2ccccc2)CC1. The van der Waals surface area contributed by atoms with E-state index in [0.29, 0.717) is 0 Å². The second-order valence-corrected chi connectivity index (χ2v) is 6.81. The van der Waals surface area contributed by atoms with Crippen molar-refractivity contribution in [3.63, 3.8) is 0 Å². The van der Waals surface area contributed by atoms with E-state index >= 15 is 0 Å². The number of aromatic nitrogens is 2. The molecule has 0 atom stereocenters. The summed E-state index contributed by atoms with van der Waals surface area (Å²) < 4.78 is 1.95.